The number of nitrogens with zero attached hydrogens (tertiary/aromatic N) is 1. The molecule has 1 fully saturated rings. The Hall–Kier alpha value is -1.09. The lowest BCUT2D eigenvalue weighted by Gasteiger charge is -2.29. The standard InChI is InChI=1S/C16H24FNO/c1-11(2)9-10-18(13-7-8-13)16-14(12(3)19)5-4-6-15(16)17/h4-6,11-13,19H,7-10H2,1-3H3/t12-/m0/s1. The number of hydrogen-bond donors (Lipinski definition) is 1. The number of hydrogen-bond acceptors (Lipinski definition) is 2. The topological polar surface area (TPSA) is 23.5 Å². The van der Waals surface area contributed by atoms with Crippen molar-refractivity contribution < 1.29 is 9.50 Å². The fraction of sp³-hybridized carbons (Fsp3) is 0.625. The van der Waals surface area contributed by atoms with Crippen molar-refractivity contribution in [1.29, 1.82) is 0 Å². The summed E-state index contributed by atoms with van der Waals surface area (Å²) in [6, 6.07) is 5.45. The Morgan fingerprint density at radius 3 is 2.53 bits per heavy atom. The first-order chi connectivity index (χ1) is 9.00. The summed E-state index contributed by atoms with van der Waals surface area (Å²) >= 11 is 0. The average Bonchev–Trinajstić information content (AvgIpc) is 3.14. The second-order valence-electron chi connectivity index (χ2n) is 5.96. The Bertz CT molecular complexity index is 427. The van der Waals surface area contributed by atoms with E-state index in [4.69, 9.17) is 0 Å². The molecule has 0 amide bonds. The van der Waals surface area contributed by atoms with Crippen molar-refractivity contribution in [3.63, 3.8) is 0 Å². The van der Waals surface area contributed by atoms with Gasteiger partial charge in [-0.25, -0.2) is 4.39 Å². The molecule has 1 N–H and O–H groups in total. The Kier molecular flexibility index (Phi) is 4.46. The van der Waals surface area contributed by atoms with Crippen molar-refractivity contribution in [2.24, 2.45) is 5.92 Å². The number of rotatable bonds is 6. The minimum absolute atomic E-state index is 0.214. The molecule has 106 valence electrons. The minimum Gasteiger partial charge on any atom is -0.389 e. The van der Waals surface area contributed by atoms with Crippen LogP contribution in [0.2, 0.25) is 0 Å². The molecule has 0 spiro atoms. The van der Waals surface area contributed by atoms with E-state index in [0.29, 0.717) is 23.2 Å². The van der Waals surface area contributed by atoms with Gasteiger partial charge in [-0.1, -0.05) is 26.0 Å². The van der Waals surface area contributed by atoms with Gasteiger partial charge in [-0.3, -0.25) is 0 Å². The lowest BCUT2D eigenvalue weighted by atomic mass is 10.0. The zero-order valence-electron chi connectivity index (χ0n) is 12.1. The number of aliphatic hydroxyl groups is 1. The van der Waals surface area contributed by atoms with Crippen LogP contribution in [-0.4, -0.2) is 17.7 Å². The largest absolute Gasteiger partial charge is 0.389 e. The SMILES string of the molecule is CC(C)CCN(c1c(F)cccc1[C@H](C)O)C1CC1. The average molecular weight is 265 g/mol. The fourth-order valence-electron chi connectivity index (χ4n) is 2.43. The molecule has 0 saturated heterocycles. The van der Waals surface area contributed by atoms with Crippen molar-refractivity contribution in [3.8, 4) is 0 Å². The summed E-state index contributed by atoms with van der Waals surface area (Å²) in [5.41, 5.74) is 1.32. The molecule has 0 radical (unpaired) electrons. The quantitative estimate of drug-likeness (QED) is 0.843. The van der Waals surface area contributed by atoms with Gasteiger partial charge < -0.3 is 10.0 Å². The Balaban J connectivity index is 2.30. The molecule has 0 aliphatic heterocycles. The van der Waals surface area contributed by atoms with Crippen molar-refractivity contribution >= 4 is 5.69 Å². The maximum Gasteiger partial charge on any atom is 0.146 e. The van der Waals surface area contributed by atoms with Crippen LogP contribution >= 0.6 is 0 Å². The van der Waals surface area contributed by atoms with E-state index in [1.807, 2.05) is 6.07 Å². The van der Waals surface area contributed by atoms with E-state index >= 15 is 0 Å². The summed E-state index contributed by atoms with van der Waals surface area (Å²) in [4.78, 5) is 2.16. The van der Waals surface area contributed by atoms with Gasteiger partial charge in [0.05, 0.1) is 11.8 Å². The van der Waals surface area contributed by atoms with Gasteiger partial charge in [-0.2, -0.15) is 0 Å². The monoisotopic (exact) mass is 265 g/mol. The minimum atomic E-state index is -0.633. The number of aliphatic hydroxyl groups excluding tert-OH is 1. The number of para-hydroxylation sites is 1. The summed E-state index contributed by atoms with van der Waals surface area (Å²) in [5, 5.41) is 9.86. The Labute approximate surface area is 115 Å². The van der Waals surface area contributed by atoms with Crippen LogP contribution in [0.25, 0.3) is 0 Å². The summed E-state index contributed by atoms with van der Waals surface area (Å²) in [7, 11) is 0. The molecule has 0 heterocycles. The third kappa shape index (κ3) is 3.47. The molecular weight excluding hydrogens is 241 g/mol. The third-order valence-corrected chi connectivity index (χ3v) is 3.69. The molecule has 1 aromatic carbocycles. The molecule has 19 heavy (non-hydrogen) atoms. The smallest absolute Gasteiger partial charge is 0.146 e. The fourth-order valence-corrected chi connectivity index (χ4v) is 2.43. The van der Waals surface area contributed by atoms with Crippen LogP contribution in [0.15, 0.2) is 18.2 Å². The van der Waals surface area contributed by atoms with Crippen LogP contribution in [0, 0.1) is 11.7 Å². The van der Waals surface area contributed by atoms with Gasteiger partial charge >= 0.3 is 0 Å². The van der Waals surface area contributed by atoms with Gasteiger partial charge in [-0.15, -0.1) is 0 Å². The van der Waals surface area contributed by atoms with Crippen LogP contribution in [-0.2, 0) is 0 Å². The molecular formula is C16H24FNO. The van der Waals surface area contributed by atoms with E-state index in [-0.39, 0.29) is 5.82 Å². The maximum atomic E-state index is 14.2. The highest BCUT2D eigenvalue weighted by molar-refractivity contribution is 5.57. The van der Waals surface area contributed by atoms with Gasteiger partial charge in [0.1, 0.15) is 5.82 Å². The molecule has 0 bridgehead atoms. The van der Waals surface area contributed by atoms with Crippen LogP contribution < -0.4 is 4.90 Å². The number of anilines is 1. The van der Waals surface area contributed by atoms with Gasteiger partial charge in [-0.05, 0) is 38.2 Å². The van der Waals surface area contributed by atoms with Gasteiger partial charge in [0, 0.05) is 18.2 Å². The third-order valence-electron chi connectivity index (χ3n) is 3.69. The lowest BCUT2D eigenvalue weighted by molar-refractivity contribution is 0.199. The lowest BCUT2D eigenvalue weighted by Crippen LogP contribution is -2.30. The van der Waals surface area contributed by atoms with E-state index < -0.39 is 6.10 Å². The van der Waals surface area contributed by atoms with Crippen molar-refractivity contribution in [3.05, 3.63) is 29.6 Å². The first-order valence-corrected chi connectivity index (χ1v) is 7.23. The van der Waals surface area contributed by atoms with Gasteiger partial charge in [0.15, 0.2) is 0 Å². The normalized spacial score (nSPS) is 16.7. The first-order valence-electron chi connectivity index (χ1n) is 7.23. The Morgan fingerprint density at radius 1 is 1.32 bits per heavy atom. The molecule has 0 aromatic heterocycles. The van der Waals surface area contributed by atoms with Gasteiger partial charge in [0.2, 0.25) is 0 Å². The molecule has 0 unspecified atom stereocenters. The van der Waals surface area contributed by atoms with Crippen LogP contribution in [0.1, 0.15) is 51.7 Å². The van der Waals surface area contributed by atoms with Gasteiger partial charge in [0.25, 0.3) is 0 Å². The van der Waals surface area contributed by atoms with Crippen LogP contribution in [0.5, 0.6) is 0 Å². The molecule has 1 atom stereocenters. The molecule has 2 nitrogen and oxygen atoms in total. The van der Waals surface area contributed by atoms with E-state index in [1.165, 1.54) is 6.07 Å². The van der Waals surface area contributed by atoms with E-state index in [1.54, 1.807) is 13.0 Å². The Morgan fingerprint density at radius 2 is 2.00 bits per heavy atom. The van der Waals surface area contributed by atoms with E-state index in [2.05, 4.69) is 18.7 Å². The van der Waals surface area contributed by atoms with E-state index in [0.717, 1.165) is 25.8 Å². The van der Waals surface area contributed by atoms with Crippen LogP contribution in [0.3, 0.4) is 0 Å². The highest BCUT2D eigenvalue weighted by Gasteiger charge is 2.32. The first kappa shape index (κ1) is 14.3. The second-order valence-corrected chi connectivity index (χ2v) is 5.96. The number of benzene rings is 1. The molecule has 1 aliphatic rings. The summed E-state index contributed by atoms with van der Waals surface area (Å²) in [5.74, 6) is 0.386. The number of halogens is 1. The van der Waals surface area contributed by atoms with Crippen molar-refractivity contribution in [2.75, 3.05) is 11.4 Å². The maximum absolute atomic E-state index is 14.2. The zero-order chi connectivity index (χ0) is 14.0. The second kappa shape index (κ2) is 5.91. The predicted molar refractivity (Wildman–Crippen MR) is 76.9 cm³/mol. The molecule has 1 aromatic rings. The summed E-state index contributed by atoms with van der Waals surface area (Å²) in [6.07, 6.45) is 2.67. The highest BCUT2D eigenvalue weighted by atomic mass is 19.1. The summed E-state index contributed by atoms with van der Waals surface area (Å²) in [6.45, 7) is 6.93. The van der Waals surface area contributed by atoms with Crippen LogP contribution in [0.4, 0.5) is 10.1 Å². The summed E-state index contributed by atoms with van der Waals surface area (Å²) < 4.78 is 14.2. The zero-order valence-corrected chi connectivity index (χ0v) is 12.1. The molecule has 2 rings (SSSR count). The molecule has 1 aliphatic carbocycles. The predicted octanol–water partition coefficient (Wildman–Crippen LogP) is 3.89. The molecule has 1 saturated carbocycles. The van der Waals surface area contributed by atoms with Crippen molar-refractivity contribution in [2.45, 2.75) is 52.2 Å². The van der Waals surface area contributed by atoms with Crippen molar-refractivity contribution in [1.82, 2.24) is 0 Å². The van der Waals surface area contributed by atoms with E-state index in [9.17, 15) is 9.50 Å². The highest BCUT2D eigenvalue weighted by Crippen LogP contribution is 2.37. The molecule has 3 heteroatoms.